The van der Waals surface area contributed by atoms with Crippen LogP contribution in [0.15, 0.2) is 36.1 Å². The molecule has 4 unspecified atom stereocenters. The van der Waals surface area contributed by atoms with Gasteiger partial charge < -0.3 is 9.29 Å². The lowest BCUT2D eigenvalue weighted by molar-refractivity contribution is 0.137. The van der Waals surface area contributed by atoms with E-state index in [0.717, 1.165) is 25.0 Å². The minimum Gasteiger partial charge on any atom is -0.491 e. The molecule has 0 amide bonds. The number of hydrogen-bond donors (Lipinski definition) is 1. The van der Waals surface area contributed by atoms with Crippen molar-refractivity contribution >= 4 is 11.1 Å². The van der Waals surface area contributed by atoms with Crippen LogP contribution in [0.2, 0.25) is 0 Å². The maximum Gasteiger partial charge on any atom is 0.159 e. The predicted octanol–water partition coefficient (Wildman–Crippen LogP) is 3.18. The summed E-state index contributed by atoms with van der Waals surface area (Å²) >= 11 is -1.75. The Hall–Kier alpha value is -0.870. The average molecular weight is 268 g/mol. The summed E-state index contributed by atoms with van der Waals surface area (Å²) in [5.74, 6) is 1.60. The van der Waals surface area contributed by atoms with Gasteiger partial charge in [0.15, 0.2) is 11.1 Å². The van der Waals surface area contributed by atoms with Gasteiger partial charge in [0.1, 0.15) is 6.10 Å². The molecule has 2 rings (SSSR count). The van der Waals surface area contributed by atoms with Crippen LogP contribution in [0.1, 0.15) is 32.6 Å². The van der Waals surface area contributed by atoms with Crippen LogP contribution in [0.5, 0.6) is 0 Å². The van der Waals surface area contributed by atoms with Crippen molar-refractivity contribution in [2.24, 2.45) is 5.92 Å². The average Bonchev–Trinajstić information content (AvgIpc) is 2.55. The molecule has 1 N–H and O–H groups in total. The fourth-order valence-corrected chi connectivity index (χ4v) is 2.78. The van der Waals surface area contributed by atoms with Crippen molar-refractivity contribution in [3.05, 3.63) is 36.1 Å². The SMILES string of the molecule is CC1C=CCC(OC2C=CC(S(=O)O)CC2)=CC1. The Bertz CT molecular complexity index is 398. The highest BCUT2D eigenvalue weighted by atomic mass is 32.2. The van der Waals surface area contributed by atoms with E-state index in [0.29, 0.717) is 12.3 Å². The minimum atomic E-state index is -1.75. The molecule has 0 aromatic heterocycles. The monoisotopic (exact) mass is 268 g/mol. The summed E-state index contributed by atoms with van der Waals surface area (Å²) in [7, 11) is 0. The molecule has 0 saturated heterocycles. The highest BCUT2D eigenvalue weighted by Gasteiger charge is 2.21. The summed E-state index contributed by atoms with van der Waals surface area (Å²) in [4.78, 5) is 0. The Kier molecular flexibility index (Phi) is 4.78. The van der Waals surface area contributed by atoms with Crippen LogP contribution < -0.4 is 0 Å². The van der Waals surface area contributed by atoms with Crippen molar-refractivity contribution in [3.8, 4) is 0 Å². The fraction of sp³-hybridized carbons (Fsp3) is 0.571. The minimum absolute atomic E-state index is 0.0536. The zero-order valence-electron chi connectivity index (χ0n) is 10.6. The number of rotatable bonds is 3. The van der Waals surface area contributed by atoms with Gasteiger partial charge in [-0.2, -0.15) is 0 Å². The van der Waals surface area contributed by atoms with Crippen LogP contribution >= 0.6 is 0 Å². The van der Waals surface area contributed by atoms with Gasteiger partial charge in [-0.25, -0.2) is 4.21 Å². The number of allylic oxidation sites excluding steroid dienone is 3. The van der Waals surface area contributed by atoms with E-state index >= 15 is 0 Å². The van der Waals surface area contributed by atoms with Crippen molar-refractivity contribution in [1.82, 2.24) is 0 Å². The van der Waals surface area contributed by atoms with Crippen LogP contribution in [0.25, 0.3) is 0 Å². The summed E-state index contributed by atoms with van der Waals surface area (Å²) in [6.45, 7) is 2.19. The first-order chi connectivity index (χ1) is 8.65. The lowest BCUT2D eigenvalue weighted by Crippen LogP contribution is -2.22. The van der Waals surface area contributed by atoms with Gasteiger partial charge in [0, 0.05) is 6.42 Å². The van der Waals surface area contributed by atoms with Gasteiger partial charge in [0.25, 0.3) is 0 Å². The van der Waals surface area contributed by atoms with E-state index in [-0.39, 0.29) is 11.4 Å². The summed E-state index contributed by atoms with van der Waals surface area (Å²) in [5.41, 5.74) is 0. The van der Waals surface area contributed by atoms with E-state index in [1.165, 1.54) is 0 Å². The molecule has 0 bridgehead atoms. The lowest BCUT2D eigenvalue weighted by atomic mass is 10.0. The molecule has 2 aliphatic rings. The third kappa shape index (κ3) is 3.82. The largest absolute Gasteiger partial charge is 0.491 e. The molecule has 100 valence electrons. The molecular weight excluding hydrogens is 248 g/mol. The molecule has 0 aromatic rings. The molecule has 0 radical (unpaired) electrons. The predicted molar refractivity (Wildman–Crippen MR) is 73.4 cm³/mol. The molecule has 0 aliphatic heterocycles. The first-order valence-corrected chi connectivity index (χ1v) is 7.62. The molecule has 3 nitrogen and oxygen atoms in total. The Labute approximate surface area is 111 Å². The van der Waals surface area contributed by atoms with Crippen LogP contribution in [-0.4, -0.2) is 20.1 Å². The van der Waals surface area contributed by atoms with E-state index in [1.54, 1.807) is 6.08 Å². The summed E-state index contributed by atoms with van der Waals surface area (Å²) in [5, 5.41) is -0.229. The highest BCUT2D eigenvalue weighted by Crippen LogP contribution is 2.23. The van der Waals surface area contributed by atoms with Crippen LogP contribution in [0.3, 0.4) is 0 Å². The standard InChI is InChI=1S/C14H20O3S/c1-11-3-2-4-12(6-5-11)17-13-7-9-14(10-8-13)18(15)16/h2-3,6-7,9,11,13-14H,4-5,8,10H2,1H3,(H,15,16). The summed E-state index contributed by atoms with van der Waals surface area (Å²) in [6.07, 6.45) is 13.7. The van der Waals surface area contributed by atoms with Gasteiger partial charge in [-0.3, -0.25) is 0 Å². The third-order valence-corrected chi connectivity index (χ3v) is 4.25. The van der Waals surface area contributed by atoms with Crippen LogP contribution in [0.4, 0.5) is 0 Å². The van der Waals surface area contributed by atoms with Gasteiger partial charge in [-0.15, -0.1) is 0 Å². The second-order valence-electron chi connectivity index (χ2n) is 4.95. The van der Waals surface area contributed by atoms with Crippen molar-refractivity contribution < 1.29 is 13.5 Å². The number of hydrogen-bond acceptors (Lipinski definition) is 2. The molecule has 4 atom stereocenters. The maximum atomic E-state index is 10.9. The second kappa shape index (κ2) is 6.34. The van der Waals surface area contributed by atoms with Crippen molar-refractivity contribution in [2.75, 3.05) is 0 Å². The molecular formula is C14H20O3S. The Morgan fingerprint density at radius 1 is 1.33 bits per heavy atom. The van der Waals surface area contributed by atoms with Crippen LogP contribution in [0, 0.1) is 5.92 Å². The van der Waals surface area contributed by atoms with E-state index in [2.05, 4.69) is 25.2 Å². The van der Waals surface area contributed by atoms with E-state index in [4.69, 9.17) is 9.29 Å². The van der Waals surface area contributed by atoms with Crippen LogP contribution in [-0.2, 0) is 15.8 Å². The smallest absolute Gasteiger partial charge is 0.159 e. The molecule has 0 aromatic carbocycles. The maximum absolute atomic E-state index is 10.9. The molecule has 18 heavy (non-hydrogen) atoms. The van der Waals surface area contributed by atoms with E-state index < -0.39 is 11.1 Å². The summed E-state index contributed by atoms with van der Waals surface area (Å²) < 4.78 is 25.9. The van der Waals surface area contributed by atoms with Crippen molar-refractivity contribution in [3.63, 3.8) is 0 Å². The number of ether oxygens (including phenoxy) is 1. The normalized spacial score (nSPS) is 33.7. The van der Waals surface area contributed by atoms with Crippen molar-refractivity contribution in [1.29, 1.82) is 0 Å². The molecule has 0 fully saturated rings. The first-order valence-electron chi connectivity index (χ1n) is 6.45. The Balaban J connectivity index is 1.90. The molecule has 0 spiro atoms. The molecule has 4 heteroatoms. The van der Waals surface area contributed by atoms with Crippen molar-refractivity contribution in [2.45, 2.75) is 44.0 Å². The molecule has 0 heterocycles. The molecule has 2 aliphatic carbocycles. The van der Waals surface area contributed by atoms with Gasteiger partial charge in [-0.1, -0.05) is 25.2 Å². The highest BCUT2D eigenvalue weighted by molar-refractivity contribution is 7.80. The zero-order valence-corrected chi connectivity index (χ0v) is 11.4. The third-order valence-electron chi connectivity index (χ3n) is 3.34. The topological polar surface area (TPSA) is 46.5 Å². The Morgan fingerprint density at radius 2 is 2.17 bits per heavy atom. The second-order valence-corrected chi connectivity index (χ2v) is 6.11. The summed E-state index contributed by atoms with van der Waals surface area (Å²) in [6, 6.07) is 0. The quantitative estimate of drug-likeness (QED) is 0.631. The van der Waals surface area contributed by atoms with E-state index in [9.17, 15) is 4.21 Å². The fourth-order valence-electron chi connectivity index (χ4n) is 2.22. The van der Waals surface area contributed by atoms with E-state index in [1.807, 2.05) is 6.08 Å². The first kappa shape index (κ1) is 13.6. The van der Waals surface area contributed by atoms with Gasteiger partial charge in [0.2, 0.25) is 0 Å². The zero-order chi connectivity index (χ0) is 13.0. The van der Waals surface area contributed by atoms with Gasteiger partial charge in [0.05, 0.1) is 11.0 Å². The molecule has 0 saturated carbocycles. The Morgan fingerprint density at radius 3 is 2.83 bits per heavy atom. The van der Waals surface area contributed by atoms with Gasteiger partial charge in [-0.05, 0) is 37.3 Å². The van der Waals surface area contributed by atoms with Gasteiger partial charge >= 0.3 is 0 Å². The lowest BCUT2D eigenvalue weighted by Gasteiger charge is -2.23.